The molecular formula is C7H14N2O3S. The summed E-state index contributed by atoms with van der Waals surface area (Å²) in [5.74, 6) is 0.227. The summed E-state index contributed by atoms with van der Waals surface area (Å²) in [6.07, 6.45) is 0.513. The minimum atomic E-state index is -2.93. The maximum atomic E-state index is 11.1. The van der Waals surface area contributed by atoms with Crippen molar-refractivity contribution in [2.75, 3.05) is 18.1 Å². The van der Waals surface area contributed by atoms with Crippen LogP contribution < -0.4 is 5.73 Å². The Labute approximate surface area is 77.8 Å². The van der Waals surface area contributed by atoms with Gasteiger partial charge in [-0.05, 0) is 13.3 Å². The van der Waals surface area contributed by atoms with Crippen molar-refractivity contribution in [2.45, 2.75) is 19.4 Å². The molecule has 1 saturated heterocycles. The fourth-order valence-electron chi connectivity index (χ4n) is 1.62. The van der Waals surface area contributed by atoms with Crippen LogP contribution in [0.4, 0.5) is 4.79 Å². The first kappa shape index (κ1) is 10.3. The van der Waals surface area contributed by atoms with Crippen molar-refractivity contribution in [3.8, 4) is 0 Å². The summed E-state index contributed by atoms with van der Waals surface area (Å²) < 4.78 is 22.2. The molecule has 1 aliphatic heterocycles. The van der Waals surface area contributed by atoms with Crippen molar-refractivity contribution in [3.63, 3.8) is 0 Å². The lowest BCUT2D eigenvalue weighted by atomic mass is 10.2. The van der Waals surface area contributed by atoms with Gasteiger partial charge in [-0.2, -0.15) is 0 Å². The highest BCUT2D eigenvalue weighted by molar-refractivity contribution is 7.91. The second-order valence-corrected chi connectivity index (χ2v) is 5.41. The van der Waals surface area contributed by atoms with E-state index >= 15 is 0 Å². The van der Waals surface area contributed by atoms with Crippen LogP contribution in [-0.4, -0.2) is 43.4 Å². The zero-order valence-corrected chi connectivity index (χ0v) is 8.38. The molecule has 1 rings (SSSR count). The van der Waals surface area contributed by atoms with Crippen molar-refractivity contribution in [2.24, 2.45) is 5.73 Å². The molecule has 13 heavy (non-hydrogen) atoms. The number of nitrogens with zero attached hydrogens (tertiary/aromatic N) is 1. The Kier molecular flexibility index (Phi) is 2.80. The van der Waals surface area contributed by atoms with Crippen LogP contribution in [0.3, 0.4) is 0 Å². The van der Waals surface area contributed by atoms with E-state index in [4.69, 9.17) is 5.73 Å². The number of rotatable bonds is 2. The van der Waals surface area contributed by atoms with Gasteiger partial charge in [-0.25, -0.2) is 13.2 Å². The normalized spacial score (nSPS) is 25.8. The minimum Gasteiger partial charge on any atom is -0.351 e. The first-order chi connectivity index (χ1) is 5.96. The van der Waals surface area contributed by atoms with Crippen LogP contribution in [-0.2, 0) is 9.84 Å². The third-order valence-electron chi connectivity index (χ3n) is 2.27. The summed E-state index contributed by atoms with van der Waals surface area (Å²) in [5.41, 5.74) is 5.11. The molecule has 0 saturated carbocycles. The van der Waals surface area contributed by atoms with Crippen LogP contribution in [0.5, 0.6) is 0 Å². The van der Waals surface area contributed by atoms with E-state index in [-0.39, 0.29) is 17.5 Å². The van der Waals surface area contributed by atoms with E-state index in [1.54, 1.807) is 6.92 Å². The van der Waals surface area contributed by atoms with Crippen LogP contribution in [0.1, 0.15) is 13.3 Å². The van der Waals surface area contributed by atoms with E-state index in [1.165, 1.54) is 4.90 Å². The number of carbonyl (C=O) groups is 1. The molecule has 0 spiro atoms. The SMILES string of the molecule is CCN(C(N)=O)C1CCS(=O)(=O)C1. The smallest absolute Gasteiger partial charge is 0.315 e. The Morgan fingerprint density at radius 1 is 1.62 bits per heavy atom. The lowest BCUT2D eigenvalue weighted by molar-refractivity contribution is 0.193. The molecule has 0 aromatic rings. The molecule has 6 heteroatoms. The number of sulfone groups is 1. The number of hydrogen-bond acceptors (Lipinski definition) is 3. The van der Waals surface area contributed by atoms with Gasteiger partial charge in [-0.3, -0.25) is 0 Å². The topological polar surface area (TPSA) is 80.5 Å². The van der Waals surface area contributed by atoms with Crippen molar-refractivity contribution in [1.82, 2.24) is 4.90 Å². The number of primary amides is 1. The molecule has 5 nitrogen and oxygen atoms in total. The number of nitrogens with two attached hydrogens (primary N) is 1. The van der Waals surface area contributed by atoms with Crippen molar-refractivity contribution in [3.05, 3.63) is 0 Å². The van der Waals surface area contributed by atoms with Crippen molar-refractivity contribution < 1.29 is 13.2 Å². The molecule has 0 aromatic carbocycles. The number of amides is 2. The van der Waals surface area contributed by atoms with Crippen LogP contribution in [0.25, 0.3) is 0 Å². The standard InChI is InChI=1S/C7H14N2O3S/c1-2-9(7(8)10)6-3-4-13(11,12)5-6/h6H,2-5H2,1H3,(H2,8,10). The lowest BCUT2D eigenvalue weighted by Gasteiger charge is -2.24. The molecule has 76 valence electrons. The fourth-order valence-corrected chi connectivity index (χ4v) is 3.35. The van der Waals surface area contributed by atoms with E-state index in [1.807, 2.05) is 0 Å². The van der Waals surface area contributed by atoms with E-state index in [9.17, 15) is 13.2 Å². The van der Waals surface area contributed by atoms with E-state index in [0.29, 0.717) is 13.0 Å². The third-order valence-corrected chi connectivity index (χ3v) is 4.02. The van der Waals surface area contributed by atoms with Gasteiger partial charge in [-0.15, -0.1) is 0 Å². The van der Waals surface area contributed by atoms with Crippen LogP contribution in [0, 0.1) is 0 Å². The predicted octanol–water partition coefficient (Wildman–Crippen LogP) is -0.426. The number of urea groups is 1. The first-order valence-corrected chi connectivity index (χ1v) is 6.05. The average molecular weight is 206 g/mol. The van der Waals surface area contributed by atoms with Crippen LogP contribution in [0.15, 0.2) is 0 Å². The van der Waals surface area contributed by atoms with Crippen molar-refractivity contribution >= 4 is 15.9 Å². The molecule has 1 heterocycles. The number of hydrogen-bond donors (Lipinski definition) is 1. The molecule has 2 amide bonds. The predicted molar refractivity (Wildman–Crippen MR) is 49.0 cm³/mol. The van der Waals surface area contributed by atoms with Crippen molar-refractivity contribution in [1.29, 1.82) is 0 Å². The van der Waals surface area contributed by atoms with Gasteiger partial charge in [0.2, 0.25) is 0 Å². The summed E-state index contributed by atoms with van der Waals surface area (Å²) in [6.45, 7) is 2.26. The third kappa shape index (κ3) is 2.33. The molecule has 0 aliphatic carbocycles. The highest BCUT2D eigenvalue weighted by atomic mass is 32.2. The van der Waals surface area contributed by atoms with Gasteiger partial charge in [0.1, 0.15) is 0 Å². The highest BCUT2D eigenvalue weighted by Gasteiger charge is 2.32. The zero-order valence-electron chi connectivity index (χ0n) is 7.56. The summed E-state index contributed by atoms with van der Waals surface area (Å²) in [6, 6.07) is -0.753. The maximum absolute atomic E-state index is 11.1. The van der Waals surface area contributed by atoms with Gasteiger partial charge in [0.05, 0.1) is 11.5 Å². The highest BCUT2D eigenvalue weighted by Crippen LogP contribution is 2.16. The van der Waals surface area contributed by atoms with Gasteiger partial charge in [0.25, 0.3) is 0 Å². The molecule has 2 N–H and O–H groups in total. The molecular weight excluding hydrogens is 192 g/mol. The van der Waals surface area contributed by atoms with Gasteiger partial charge >= 0.3 is 6.03 Å². The summed E-state index contributed by atoms with van der Waals surface area (Å²) in [7, 11) is -2.93. The van der Waals surface area contributed by atoms with E-state index in [2.05, 4.69) is 0 Å². The Morgan fingerprint density at radius 2 is 2.23 bits per heavy atom. The van der Waals surface area contributed by atoms with Gasteiger partial charge in [-0.1, -0.05) is 0 Å². The molecule has 0 bridgehead atoms. The lowest BCUT2D eigenvalue weighted by Crippen LogP contribution is -2.44. The summed E-state index contributed by atoms with van der Waals surface area (Å²) in [5, 5.41) is 0. The number of carbonyl (C=O) groups excluding carboxylic acids is 1. The van der Waals surface area contributed by atoms with E-state index in [0.717, 1.165) is 0 Å². The fraction of sp³-hybridized carbons (Fsp3) is 0.857. The Hall–Kier alpha value is -0.780. The largest absolute Gasteiger partial charge is 0.351 e. The average Bonchev–Trinajstić information content (AvgIpc) is 2.31. The maximum Gasteiger partial charge on any atom is 0.315 e. The monoisotopic (exact) mass is 206 g/mol. The Balaban J connectivity index is 2.69. The molecule has 1 unspecified atom stereocenters. The summed E-state index contributed by atoms with van der Waals surface area (Å²) in [4.78, 5) is 12.3. The Morgan fingerprint density at radius 3 is 2.54 bits per heavy atom. The molecule has 0 aromatic heterocycles. The minimum absolute atomic E-state index is 0.0593. The van der Waals surface area contributed by atoms with E-state index < -0.39 is 15.9 Å². The second-order valence-electron chi connectivity index (χ2n) is 3.18. The quantitative estimate of drug-likeness (QED) is 0.666. The molecule has 0 radical (unpaired) electrons. The molecule has 1 fully saturated rings. The van der Waals surface area contributed by atoms with Crippen LogP contribution in [0.2, 0.25) is 0 Å². The first-order valence-electron chi connectivity index (χ1n) is 4.23. The van der Waals surface area contributed by atoms with Gasteiger partial charge in [0.15, 0.2) is 9.84 Å². The zero-order chi connectivity index (χ0) is 10.1. The Bertz CT molecular complexity index is 299. The summed E-state index contributed by atoms with van der Waals surface area (Å²) >= 11 is 0. The van der Waals surface area contributed by atoms with Crippen LogP contribution >= 0.6 is 0 Å². The second kappa shape index (κ2) is 3.53. The van der Waals surface area contributed by atoms with Gasteiger partial charge < -0.3 is 10.6 Å². The van der Waals surface area contributed by atoms with Gasteiger partial charge in [0, 0.05) is 12.6 Å². The molecule has 1 atom stereocenters. The molecule has 1 aliphatic rings.